The first-order valence-corrected chi connectivity index (χ1v) is 7.57. The second-order valence-corrected chi connectivity index (χ2v) is 6.36. The molecule has 1 fully saturated rings. The van der Waals surface area contributed by atoms with Crippen LogP contribution >= 0.6 is 0 Å². The van der Waals surface area contributed by atoms with E-state index in [-0.39, 0.29) is 0 Å². The first-order valence-electron chi connectivity index (χ1n) is 7.57. The number of hydrogen-bond acceptors (Lipinski definition) is 0. The molecule has 0 saturated heterocycles. The quantitative estimate of drug-likeness (QED) is 0.565. The lowest BCUT2D eigenvalue weighted by atomic mass is 9.64. The van der Waals surface area contributed by atoms with E-state index in [4.69, 9.17) is 0 Å². The van der Waals surface area contributed by atoms with Crippen molar-refractivity contribution >= 4 is 0 Å². The van der Waals surface area contributed by atoms with Crippen molar-refractivity contribution in [2.45, 2.75) is 79.6 Å². The Labute approximate surface area is 103 Å². The summed E-state index contributed by atoms with van der Waals surface area (Å²) < 4.78 is 0. The summed E-state index contributed by atoms with van der Waals surface area (Å²) in [6, 6.07) is 0. The highest BCUT2D eigenvalue weighted by Crippen LogP contribution is 2.46. The zero-order valence-corrected chi connectivity index (χ0v) is 12.2. The molecule has 0 heterocycles. The van der Waals surface area contributed by atoms with Crippen LogP contribution in [0.5, 0.6) is 0 Å². The van der Waals surface area contributed by atoms with Crippen LogP contribution in [0.15, 0.2) is 0 Å². The largest absolute Gasteiger partial charge is 0.0651 e. The van der Waals surface area contributed by atoms with Crippen LogP contribution in [0.3, 0.4) is 0 Å². The molecule has 0 aromatic rings. The van der Waals surface area contributed by atoms with Gasteiger partial charge in [-0.3, -0.25) is 0 Å². The predicted octanol–water partition coefficient (Wildman–Crippen LogP) is 5.67. The Morgan fingerprint density at radius 3 is 1.88 bits per heavy atom. The number of hydrogen-bond donors (Lipinski definition) is 0. The van der Waals surface area contributed by atoms with Crippen LogP contribution in [0.1, 0.15) is 79.6 Å². The maximum Gasteiger partial charge on any atom is -0.0303 e. The normalized spacial score (nSPS) is 29.1. The highest BCUT2D eigenvalue weighted by atomic mass is 14.4. The Morgan fingerprint density at radius 2 is 1.50 bits per heavy atom. The fraction of sp³-hybridized carbons (Fsp3) is 1.00. The van der Waals surface area contributed by atoms with Crippen molar-refractivity contribution in [3.63, 3.8) is 0 Å². The topological polar surface area (TPSA) is 0 Å². The SMILES string of the molecule is CCC(C)C1CCC(C(C)(CC)CC)CC1. The third kappa shape index (κ3) is 3.02. The van der Waals surface area contributed by atoms with E-state index in [1.807, 2.05) is 0 Å². The van der Waals surface area contributed by atoms with Crippen molar-refractivity contribution in [2.24, 2.45) is 23.2 Å². The minimum absolute atomic E-state index is 0.625. The van der Waals surface area contributed by atoms with Gasteiger partial charge in [0, 0.05) is 0 Å². The summed E-state index contributed by atoms with van der Waals surface area (Å²) in [5.74, 6) is 2.98. The second-order valence-electron chi connectivity index (χ2n) is 6.36. The lowest BCUT2D eigenvalue weighted by Gasteiger charge is -2.42. The number of rotatable bonds is 5. The Morgan fingerprint density at radius 1 is 1.00 bits per heavy atom. The van der Waals surface area contributed by atoms with Gasteiger partial charge in [-0.1, -0.05) is 53.9 Å². The summed E-state index contributed by atoms with van der Waals surface area (Å²) in [6.07, 6.45) is 10.1. The molecule has 0 aromatic carbocycles. The van der Waals surface area contributed by atoms with Crippen LogP contribution in [-0.4, -0.2) is 0 Å². The fourth-order valence-corrected chi connectivity index (χ4v) is 3.55. The summed E-state index contributed by atoms with van der Waals surface area (Å²) >= 11 is 0. The maximum atomic E-state index is 2.52. The highest BCUT2D eigenvalue weighted by molar-refractivity contribution is 4.85. The summed E-state index contributed by atoms with van der Waals surface area (Å²) in [5.41, 5.74) is 0.625. The summed E-state index contributed by atoms with van der Waals surface area (Å²) in [7, 11) is 0. The van der Waals surface area contributed by atoms with Gasteiger partial charge < -0.3 is 0 Å². The van der Waals surface area contributed by atoms with Crippen molar-refractivity contribution in [1.29, 1.82) is 0 Å². The van der Waals surface area contributed by atoms with E-state index in [2.05, 4.69) is 34.6 Å². The Kier molecular flexibility index (Phi) is 5.34. The van der Waals surface area contributed by atoms with Gasteiger partial charge in [0.2, 0.25) is 0 Å². The summed E-state index contributed by atoms with van der Waals surface area (Å²) in [5, 5.41) is 0. The second kappa shape index (κ2) is 6.07. The minimum Gasteiger partial charge on any atom is -0.0651 e. The molecule has 1 saturated carbocycles. The van der Waals surface area contributed by atoms with Gasteiger partial charge in [-0.05, 0) is 48.9 Å². The first kappa shape index (κ1) is 14.1. The molecule has 16 heavy (non-hydrogen) atoms. The minimum atomic E-state index is 0.625. The van der Waals surface area contributed by atoms with Crippen LogP contribution in [0.4, 0.5) is 0 Å². The van der Waals surface area contributed by atoms with Gasteiger partial charge in [-0.2, -0.15) is 0 Å². The molecular weight excluding hydrogens is 192 g/mol. The van der Waals surface area contributed by atoms with Crippen molar-refractivity contribution in [1.82, 2.24) is 0 Å². The molecule has 0 amide bonds. The third-order valence-corrected chi connectivity index (χ3v) is 5.82. The third-order valence-electron chi connectivity index (χ3n) is 5.82. The first-order chi connectivity index (χ1) is 7.57. The maximum absolute atomic E-state index is 2.52. The molecular formula is C16H32. The van der Waals surface area contributed by atoms with E-state index in [1.165, 1.54) is 44.9 Å². The molecule has 0 heteroatoms. The molecule has 0 radical (unpaired) electrons. The molecule has 1 atom stereocenters. The Hall–Kier alpha value is 0. The van der Waals surface area contributed by atoms with Crippen molar-refractivity contribution in [3.8, 4) is 0 Å². The average molecular weight is 224 g/mol. The lowest BCUT2D eigenvalue weighted by molar-refractivity contribution is 0.0907. The van der Waals surface area contributed by atoms with Crippen LogP contribution in [0.25, 0.3) is 0 Å². The molecule has 1 rings (SSSR count). The molecule has 1 aliphatic carbocycles. The van der Waals surface area contributed by atoms with Gasteiger partial charge in [-0.25, -0.2) is 0 Å². The van der Waals surface area contributed by atoms with Crippen molar-refractivity contribution in [2.75, 3.05) is 0 Å². The predicted molar refractivity (Wildman–Crippen MR) is 73.6 cm³/mol. The van der Waals surface area contributed by atoms with E-state index in [1.54, 1.807) is 0 Å². The lowest BCUT2D eigenvalue weighted by Crippen LogP contribution is -2.31. The summed E-state index contributed by atoms with van der Waals surface area (Å²) in [4.78, 5) is 0. The molecule has 0 N–H and O–H groups in total. The average Bonchev–Trinajstić information content (AvgIpc) is 2.37. The monoisotopic (exact) mass is 224 g/mol. The standard InChI is InChI=1S/C16H32/c1-6-13(4)14-9-11-15(12-10-14)16(5,7-2)8-3/h13-15H,6-12H2,1-5H3. The van der Waals surface area contributed by atoms with Gasteiger partial charge in [0.15, 0.2) is 0 Å². The zero-order chi connectivity index (χ0) is 12.2. The van der Waals surface area contributed by atoms with Gasteiger partial charge in [0.25, 0.3) is 0 Å². The van der Waals surface area contributed by atoms with E-state index in [0.29, 0.717) is 5.41 Å². The van der Waals surface area contributed by atoms with Gasteiger partial charge in [0.05, 0.1) is 0 Å². The van der Waals surface area contributed by atoms with Crippen LogP contribution in [-0.2, 0) is 0 Å². The fourth-order valence-electron chi connectivity index (χ4n) is 3.55. The smallest absolute Gasteiger partial charge is 0.0303 e. The molecule has 0 bridgehead atoms. The molecule has 1 aliphatic rings. The van der Waals surface area contributed by atoms with Gasteiger partial charge in [0.1, 0.15) is 0 Å². The van der Waals surface area contributed by atoms with Crippen molar-refractivity contribution in [3.05, 3.63) is 0 Å². The van der Waals surface area contributed by atoms with E-state index in [9.17, 15) is 0 Å². The highest BCUT2D eigenvalue weighted by Gasteiger charge is 2.34. The van der Waals surface area contributed by atoms with E-state index >= 15 is 0 Å². The molecule has 0 aliphatic heterocycles. The molecule has 1 unspecified atom stereocenters. The van der Waals surface area contributed by atoms with Crippen LogP contribution in [0, 0.1) is 23.2 Å². The molecule has 0 aromatic heterocycles. The molecule has 96 valence electrons. The van der Waals surface area contributed by atoms with Gasteiger partial charge in [-0.15, -0.1) is 0 Å². The molecule has 0 nitrogen and oxygen atoms in total. The van der Waals surface area contributed by atoms with Crippen LogP contribution in [0.2, 0.25) is 0 Å². The van der Waals surface area contributed by atoms with Crippen LogP contribution < -0.4 is 0 Å². The summed E-state index contributed by atoms with van der Waals surface area (Å²) in [6.45, 7) is 12.1. The molecule has 0 spiro atoms. The Bertz CT molecular complexity index is 182. The van der Waals surface area contributed by atoms with Gasteiger partial charge >= 0.3 is 0 Å². The van der Waals surface area contributed by atoms with E-state index in [0.717, 1.165) is 17.8 Å². The zero-order valence-electron chi connectivity index (χ0n) is 12.2. The Balaban J connectivity index is 2.48. The van der Waals surface area contributed by atoms with Crippen molar-refractivity contribution < 1.29 is 0 Å². The van der Waals surface area contributed by atoms with E-state index < -0.39 is 0 Å².